The fourth-order valence-corrected chi connectivity index (χ4v) is 1.47. The third-order valence-electron chi connectivity index (χ3n) is 2.37. The molecule has 0 aliphatic carbocycles. The highest BCUT2D eigenvalue weighted by atomic mass is 16.5. The summed E-state index contributed by atoms with van der Waals surface area (Å²) in [6.45, 7) is 4.47. The molecule has 0 saturated carbocycles. The van der Waals surface area contributed by atoms with Crippen molar-refractivity contribution in [1.29, 1.82) is 0 Å². The third kappa shape index (κ3) is 1.96. The number of methoxy groups -OCH3 is 1. The van der Waals surface area contributed by atoms with Crippen molar-refractivity contribution in [2.75, 3.05) is 20.2 Å². The molecule has 0 radical (unpaired) electrons. The van der Waals surface area contributed by atoms with Crippen LogP contribution in [0.25, 0.3) is 0 Å². The number of hydrogen-bond acceptors (Lipinski definition) is 2. The fraction of sp³-hybridized carbons (Fsp3) is 1.00. The van der Waals surface area contributed by atoms with E-state index in [9.17, 15) is 0 Å². The minimum absolute atomic E-state index is 0.424. The van der Waals surface area contributed by atoms with Gasteiger partial charge in [0.05, 0.1) is 6.10 Å². The van der Waals surface area contributed by atoms with Gasteiger partial charge in [0, 0.05) is 13.7 Å². The monoisotopic (exact) mass is 143 g/mol. The van der Waals surface area contributed by atoms with Crippen molar-refractivity contribution in [3.8, 4) is 0 Å². The SMILES string of the molecule is COC(C)C1CCCNC1. The van der Waals surface area contributed by atoms with Gasteiger partial charge in [-0.2, -0.15) is 0 Å². The van der Waals surface area contributed by atoms with Gasteiger partial charge in [-0.15, -0.1) is 0 Å². The molecule has 2 heteroatoms. The minimum Gasteiger partial charge on any atom is -0.381 e. The molecular formula is C8H17NO. The summed E-state index contributed by atoms with van der Waals surface area (Å²) < 4.78 is 5.25. The first-order chi connectivity index (χ1) is 4.84. The largest absolute Gasteiger partial charge is 0.381 e. The first kappa shape index (κ1) is 8.02. The Labute approximate surface area is 63.0 Å². The molecule has 1 N–H and O–H groups in total. The summed E-state index contributed by atoms with van der Waals surface area (Å²) in [5.74, 6) is 0.735. The maximum absolute atomic E-state index is 5.25. The predicted molar refractivity (Wildman–Crippen MR) is 42.1 cm³/mol. The Hall–Kier alpha value is -0.0800. The van der Waals surface area contributed by atoms with E-state index in [-0.39, 0.29) is 0 Å². The summed E-state index contributed by atoms with van der Waals surface area (Å²) in [4.78, 5) is 0. The van der Waals surface area contributed by atoms with Gasteiger partial charge in [-0.3, -0.25) is 0 Å². The Kier molecular flexibility index (Phi) is 3.16. The molecule has 1 saturated heterocycles. The smallest absolute Gasteiger partial charge is 0.0583 e. The Morgan fingerprint density at radius 3 is 2.90 bits per heavy atom. The van der Waals surface area contributed by atoms with Crippen LogP contribution in [0.2, 0.25) is 0 Å². The second kappa shape index (κ2) is 3.94. The summed E-state index contributed by atoms with van der Waals surface area (Å²) >= 11 is 0. The minimum atomic E-state index is 0.424. The Bertz CT molecular complexity index is 89.3. The Morgan fingerprint density at radius 1 is 1.60 bits per heavy atom. The van der Waals surface area contributed by atoms with Crippen molar-refractivity contribution in [3.63, 3.8) is 0 Å². The molecular weight excluding hydrogens is 126 g/mol. The zero-order valence-electron chi connectivity index (χ0n) is 6.89. The van der Waals surface area contributed by atoms with E-state index in [1.54, 1.807) is 7.11 Å². The quantitative estimate of drug-likeness (QED) is 0.623. The maximum Gasteiger partial charge on any atom is 0.0583 e. The van der Waals surface area contributed by atoms with Crippen LogP contribution in [0.4, 0.5) is 0 Å². The van der Waals surface area contributed by atoms with Crippen molar-refractivity contribution >= 4 is 0 Å². The average molecular weight is 143 g/mol. The zero-order valence-corrected chi connectivity index (χ0v) is 6.89. The molecule has 1 heterocycles. The second-order valence-electron chi connectivity index (χ2n) is 3.05. The highest BCUT2D eigenvalue weighted by Crippen LogP contribution is 2.15. The van der Waals surface area contributed by atoms with E-state index in [1.165, 1.54) is 19.4 Å². The van der Waals surface area contributed by atoms with Crippen LogP contribution >= 0.6 is 0 Å². The van der Waals surface area contributed by atoms with Crippen LogP contribution in [-0.2, 0) is 4.74 Å². The van der Waals surface area contributed by atoms with E-state index in [4.69, 9.17) is 4.74 Å². The van der Waals surface area contributed by atoms with Gasteiger partial charge in [0.15, 0.2) is 0 Å². The number of piperidine rings is 1. The molecule has 0 aromatic rings. The molecule has 1 rings (SSSR count). The van der Waals surface area contributed by atoms with Gasteiger partial charge in [0.25, 0.3) is 0 Å². The van der Waals surface area contributed by atoms with Crippen LogP contribution in [0.1, 0.15) is 19.8 Å². The summed E-state index contributed by atoms with van der Waals surface area (Å²) in [6, 6.07) is 0. The number of hydrogen-bond donors (Lipinski definition) is 1. The van der Waals surface area contributed by atoms with E-state index < -0.39 is 0 Å². The van der Waals surface area contributed by atoms with E-state index in [2.05, 4.69) is 12.2 Å². The van der Waals surface area contributed by atoms with Crippen LogP contribution in [0.5, 0.6) is 0 Å². The van der Waals surface area contributed by atoms with Crippen LogP contribution in [0.15, 0.2) is 0 Å². The number of ether oxygens (including phenoxy) is 1. The van der Waals surface area contributed by atoms with Gasteiger partial charge in [0.2, 0.25) is 0 Å². The molecule has 60 valence electrons. The molecule has 1 aliphatic rings. The summed E-state index contributed by atoms with van der Waals surface area (Å²) in [7, 11) is 1.79. The van der Waals surface area contributed by atoms with Gasteiger partial charge in [0.1, 0.15) is 0 Å². The predicted octanol–water partition coefficient (Wildman–Crippen LogP) is 1.02. The van der Waals surface area contributed by atoms with Crippen LogP contribution in [0.3, 0.4) is 0 Å². The average Bonchev–Trinajstić information content (AvgIpc) is 2.05. The normalized spacial score (nSPS) is 30.0. The standard InChI is InChI=1S/C8H17NO/c1-7(10-2)8-4-3-5-9-6-8/h7-9H,3-6H2,1-2H3. The lowest BCUT2D eigenvalue weighted by Crippen LogP contribution is -2.36. The van der Waals surface area contributed by atoms with E-state index in [1.807, 2.05) is 0 Å². The van der Waals surface area contributed by atoms with Gasteiger partial charge in [-0.1, -0.05) is 0 Å². The molecule has 1 aliphatic heterocycles. The Balaban J connectivity index is 2.24. The first-order valence-corrected chi connectivity index (χ1v) is 4.08. The zero-order chi connectivity index (χ0) is 7.40. The Morgan fingerprint density at radius 2 is 2.40 bits per heavy atom. The van der Waals surface area contributed by atoms with Crippen molar-refractivity contribution in [2.24, 2.45) is 5.92 Å². The molecule has 2 atom stereocenters. The van der Waals surface area contributed by atoms with Crippen LogP contribution in [-0.4, -0.2) is 26.3 Å². The van der Waals surface area contributed by atoms with Gasteiger partial charge >= 0.3 is 0 Å². The van der Waals surface area contributed by atoms with E-state index in [0.29, 0.717) is 6.10 Å². The molecule has 0 bridgehead atoms. The molecule has 0 aromatic heterocycles. The van der Waals surface area contributed by atoms with E-state index in [0.717, 1.165) is 12.5 Å². The maximum atomic E-state index is 5.25. The molecule has 0 amide bonds. The topological polar surface area (TPSA) is 21.3 Å². The van der Waals surface area contributed by atoms with E-state index >= 15 is 0 Å². The summed E-state index contributed by atoms with van der Waals surface area (Å²) in [6.07, 6.45) is 3.05. The van der Waals surface area contributed by atoms with Crippen LogP contribution < -0.4 is 5.32 Å². The van der Waals surface area contributed by atoms with Crippen molar-refractivity contribution in [3.05, 3.63) is 0 Å². The van der Waals surface area contributed by atoms with Gasteiger partial charge in [-0.05, 0) is 32.2 Å². The van der Waals surface area contributed by atoms with Crippen molar-refractivity contribution < 1.29 is 4.74 Å². The lowest BCUT2D eigenvalue weighted by atomic mass is 9.95. The second-order valence-corrected chi connectivity index (χ2v) is 3.05. The van der Waals surface area contributed by atoms with Gasteiger partial charge < -0.3 is 10.1 Å². The molecule has 0 spiro atoms. The highest BCUT2D eigenvalue weighted by molar-refractivity contribution is 4.73. The molecule has 0 aromatic carbocycles. The van der Waals surface area contributed by atoms with Crippen molar-refractivity contribution in [1.82, 2.24) is 5.32 Å². The fourth-order valence-electron chi connectivity index (χ4n) is 1.47. The lowest BCUT2D eigenvalue weighted by molar-refractivity contribution is 0.0562. The molecule has 1 fully saturated rings. The number of rotatable bonds is 2. The third-order valence-corrected chi connectivity index (χ3v) is 2.37. The van der Waals surface area contributed by atoms with Crippen LogP contribution in [0, 0.1) is 5.92 Å². The highest BCUT2D eigenvalue weighted by Gasteiger charge is 2.18. The summed E-state index contributed by atoms with van der Waals surface area (Å²) in [5, 5.41) is 3.37. The van der Waals surface area contributed by atoms with Gasteiger partial charge in [-0.25, -0.2) is 0 Å². The molecule has 10 heavy (non-hydrogen) atoms. The number of nitrogens with one attached hydrogen (secondary N) is 1. The lowest BCUT2D eigenvalue weighted by Gasteiger charge is -2.27. The first-order valence-electron chi connectivity index (χ1n) is 4.08. The summed E-state index contributed by atoms with van der Waals surface area (Å²) in [5.41, 5.74) is 0. The molecule has 2 nitrogen and oxygen atoms in total. The van der Waals surface area contributed by atoms with Crippen molar-refractivity contribution in [2.45, 2.75) is 25.9 Å². The molecule has 2 unspecified atom stereocenters.